The Morgan fingerprint density at radius 1 is 1.15 bits per heavy atom. The van der Waals surface area contributed by atoms with Crippen molar-refractivity contribution in [2.75, 3.05) is 6.54 Å². The summed E-state index contributed by atoms with van der Waals surface area (Å²) < 4.78 is 42.2. The minimum absolute atomic E-state index is 0.0164. The van der Waals surface area contributed by atoms with Gasteiger partial charge in [-0.2, -0.15) is 5.10 Å². The minimum Gasteiger partial charge on any atom is -0.345 e. The van der Waals surface area contributed by atoms with Crippen molar-refractivity contribution in [3.8, 4) is 0 Å². The maximum Gasteiger partial charge on any atom is 0.247 e. The number of benzene rings is 1. The lowest BCUT2D eigenvalue weighted by Gasteiger charge is -2.41. The number of hydrogen-bond donors (Lipinski definition) is 2. The molecule has 2 fully saturated rings. The molecule has 4 rings (SSSR count). The molecule has 0 radical (unpaired) electrons. The molecule has 2 aromatic rings. The fourth-order valence-corrected chi connectivity index (χ4v) is 5.18. The van der Waals surface area contributed by atoms with Gasteiger partial charge in [-0.3, -0.25) is 9.59 Å². The van der Waals surface area contributed by atoms with Gasteiger partial charge in [0, 0.05) is 24.2 Å². The van der Waals surface area contributed by atoms with Gasteiger partial charge in [-0.1, -0.05) is 0 Å². The average Bonchev–Trinajstić information content (AvgIpc) is 3.42. The van der Waals surface area contributed by atoms with E-state index in [1.165, 1.54) is 17.3 Å². The van der Waals surface area contributed by atoms with Crippen molar-refractivity contribution in [3.05, 3.63) is 47.8 Å². The lowest BCUT2D eigenvalue weighted by molar-refractivity contribution is -0.139. The Balaban J connectivity index is 1.34. The number of nitrogens with zero attached hydrogens (tertiary/aromatic N) is 4. The van der Waals surface area contributed by atoms with Crippen LogP contribution in [0.4, 0.5) is 13.2 Å². The lowest BCUT2D eigenvalue weighted by atomic mass is 9.82. The van der Waals surface area contributed by atoms with Crippen LogP contribution < -0.4 is 11.1 Å². The predicted octanol–water partition coefficient (Wildman–Crippen LogP) is 1.89. The van der Waals surface area contributed by atoms with Crippen LogP contribution in [0.25, 0.3) is 0 Å². The monoisotopic (exact) mass is 478 g/mol. The fraction of sp³-hybridized carbons (Fsp3) is 0.565. The summed E-state index contributed by atoms with van der Waals surface area (Å²) in [5.41, 5.74) is 5.40. The second-order valence-corrected chi connectivity index (χ2v) is 9.72. The van der Waals surface area contributed by atoms with E-state index in [1.807, 2.05) is 4.90 Å². The third-order valence-corrected chi connectivity index (χ3v) is 7.16. The van der Waals surface area contributed by atoms with Gasteiger partial charge in [-0.15, -0.1) is 0 Å². The van der Waals surface area contributed by atoms with E-state index in [0.717, 1.165) is 18.9 Å². The predicted molar refractivity (Wildman–Crippen MR) is 117 cm³/mol. The van der Waals surface area contributed by atoms with E-state index >= 15 is 0 Å². The molecule has 0 saturated carbocycles. The normalized spacial score (nSPS) is 23.1. The number of amides is 2. The molecule has 11 heteroatoms. The molecule has 3 N–H and O–H groups in total. The van der Waals surface area contributed by atoms with E-state index in [4.69, 9.17) is 5.73 Å². The highest BCUT2D eigenvalue weighted by Crippen LogP contribution is 2.40. The number of fused-ring (bicyclic) bond motifs is 2. The smallest absolute Gasteiger partial charge is 0.247 e. The number of halogens is 3. The zero-order valence-electron chi connectivity index (χ0n) is 19.2. The van der Waals surface area contributed by atoms with Crippen molar-refractivity contribution in [2.24, 2.45) is 11.7 Å². The van der Waals surface area contributed by atoms with Gasteiger partial charge in [0.05, 0.1) is 6.54 Å². The van der Waals surface area contributed by atoms with Crippen LogP contribution in [0, 0.1) is 23.4 Å². The number of carbonyl (C=O) groups excluding carboxylic acids is 2. The highest BCUT2D eigenvalue weighted by atomic mass is 19.2. The van der Waals surface area contributed by atoms with Gasteiger partial charge in [0.25, 0.3) is 0 Å². The van der Waals surface area contributed by atoms with Gasteiger partial charge in [-0.05, 0) is 63.5 Å². The summed E-state index contributed by atoms with van der Waals surface area (Å²) in [7, 11) is 0. The number of carbonyl (C=O) groups is 2. The third kappa shape index (κ3) is 4.66. The Hall–Kier alpha value is -2.95. The van der Waals surface area contributed by atoms with Gasteiger partial charge in [-0.25, -0.2) is 22.8 Å². The standard InChI is InChI=1S/C23H29F3N6O2/c1-23(2,31-12-28-11-30-31)22(34)29-10-21(33)32-15-3-4-16(32)6-14(5-15)20(27)8-13-7-18(25)19(26)9-17(13)24/h7,9,11-12,14-16,20H,3-6,8,10,27H2,1-2H3,(H,29,34). The van der Waals surface area contributed by atoms with Crippen molar-refractivity contribution in [3.63, 3.8) is 0 Å². The molecule has 8 nitrogen and oxygen atoms in total. The molecule has 3 atom stereocenters. The molecular weight excluding hydrogens is 449 g/mol. The first-order valence-corrected chi connectivity index (χ1v) is 11.4. The average molecular weight is 479 g/mol. The first-order valence-electron chi connectivity index (χ1n) is 11.4. The van der Waals surface area contributed by atoms with E-state index in [-0.39, 0.29) is 48.3 Å². The van der Waals surface area contributed by atoms with Crippen LogP contribution in [-0.4, -0.2) is 56.1 Å². The van der Waals surface area contributed by atoms with Gasteiger partial charge in [0.15, 0.2) is 11.6 Å². The summed E-state index contributed by atoms with van der Waals surface area (Å²) in [6.07, 6.45) is 5.83. The van der Waals surface area contributed by atoms with E-state index in [2.05, 4.69) is 15.4 Å². The number of piperidine rings is 1. The van der Waals surface area contributed by atoms with Gasteiger partial charge >= 0.3 is 0 Å². The van der Waals surface area contributed by atoms with Crippen LogP contribution in [0.2, 0.25) is 0 Å². The molecule has 1 aromatic heterocycles. The molecule has 0 spiro atoms. The molecule has 2 amide bonds. The first kappa shape index (κ1) is 24.2. The Morgan fingerprint density at radius 2 is 1.79 bits per heavy atom. The number of nitrogens with two attached hydrogens (primary N) is 1. The van der Waals surface area contributed by atoms with Crippen molar-refractivity contribution in [1.82, 2.24) is 25.0 Å². The van der Waals surface area contributed by atoms with Crippen LogP contribution in [0.15, 0.2) is 24.8 Å². The summed E-state index contributed by atoms with van der Waals surface area (Å²) in [6, 6.07) is 0.930. The maximum atomic E-state index is 14.1. The molecule has 2 aliphatic rings. The van der Waals surface area contributed by atoms with Crippen molar-refractivity contribution >= 4 is 11.8 Å². The van der Waals surface area contributed by atoms with Crippen molar-refractivity contribution in [2.45, 2.75) is 69.6 Å². The van der Waals surface area contributed by atoms with Crippen LogP contribution in [0.5, 0.6) is 0 Å². The number of rotatable bonds is 7. The fourth-order valence-electron chi connectivity index (χ4n) is 5.18. The van der Waals surface area contributed by atoms with Gasteiger partial charge in [0.2, 0.25) is 11.8 Å². The molecule has 2 saturated heterocycles. The molecule has 184 valence electrons. The highest BCUT2D eigenvalue weighted by Gasteiger charge is 2.44. The molecule has 2 aliphatic heterocycles. The minimum atomic E-state index is -1.23. The SMILES string of the molecule is CC(C)(C(=O)NCC(=O)N1C2CCC1CC(C(N)Cc1cc(F)c(F)cc1F)C2)n1cncn1. The topological polar surface area (TPSA) is 106 Å². The van der Waals surface area contributed by atoms with Crippen molar-refractivity contribution in [1.29, 1.82) is 0 Å². The molecule has 3 unspecified atom stereocenters. The molecule has 34 heavy (non-hydrogen) atoms. The van der Waals surface area contributed by atoms with Crippen LogP contribution in [0.3, 0.4) is 0 Å². The van der Waals surface area contributed by atoms with Crippen LogP contribution in [-0.2, 0) is 21.5 Å². The Bertz CT molecular complexity index is 1050. The summed E-state index contributed by atoms with van der Waals surface area (Å²) in [4.78, 5) is 31.3. The zero-order valence-corrected chi connectivity index (χ0v) is 19.2. The Kier molecular flexibility index (Phi) is 6.66. The summed E-state index contributed by atoms with van der Waals surface area (Å²) >= 11 is 0. The first-order chi connectivity index (χ1) is 16.1. The Morgan fingerprint density at radius 3 is 2.41 bits per heavy atom. The molecule has 1 aromatic carbocycles. The van der Waals surface area contributed by atoms with E-state index in [0.29, 0.717) is 18.9 Å². The van der Waals surface area contributed by atoms with Gasteiger partial charge in [0.1, 0.15) is 24.0 Å². The molecule has 3 heterocycles. The molecule has 0 aliphatic carbocycles. The quantitative estimate of drug-likeness (QED) is 0.592. The van der Waals surface area contributed by atoms with E-state index in [1.54, 1.807) is 13.8 Å². The maximum absolute atomic E-state index is 14.1. The van der Waals surface area contributed by atoms with Crippen LogP contribution in [0.1, 0.15) is 45.1 Å². The summed E-state index contributed by atoms with van der Waals surface area (Å²) in [6.45, 7) is 3.25. The van der Waals surface area contributed by atoms with E-state index < -0.39 is 29.0 Å². The summed E-state index contributed by atoms with van der Waals surface area (Å²) in [5, 5.41) is 6.71. The van der Waals surface area contributed by atoms with Crippen molar-refractivity contribution < 1.29 is 22.8 Å². The molecule has 2 bridgehead atoms. The summed E-state index contributed by atoms with van der Waals surface area (Å²) in [5.74, 6) is -3.61. The highest BCUT2D eigenvalue weighted by molar-refractivity contribution is 5.88. The Labute approximate surface area is 195 Å². The number of hydrogen-bond acceptors (Lipinski definition) is 5. The lowest BCUT2D eigenvalue weighted by Crippen LogP contribution is -2.54. The number of aromatic nitrogens is 3. The number of nitrogens with one attached hydrogen (secondary N) is 1. The second-order valence-electron chi connectivity index (χ2n) is 9.72. The third-order valence-electron chi connectivity index (χ3n) is 7.16. The second kappa shape index (κ2) is 9.36. The zero-order chi connectivity index (χ0) is 24.6. The van der Waals surface area contributed by atoms with Gasteiger partial charge < -0.3 is 16.0 Å². The van der Waals surface area contributed by atoms with Crippen LogP contribution >= 0.6 is 0 Å². The van der Waals surface area contributed by atoms with E-state index in [9.17, 15) is 22.8 Å². The molecular formula is C23H29F3N6O2. The largest absolute Gasteiger partial charge is 0.345 e.